The summed E-state index contributed by atoms with van der Waals surface area (Å²) >= 11 is 1.67. The number of amides is 2. The van der Waals surface area contributed by atoms with E-state index in [9.17, 15) is 4.79 Å². The number of hydrogen-bond acceptors (Lipinski definition) is 4. The van der Waals surface area contributed by atoms with E-state index in [1.807, 2.05) is 42.5 Å². The normalized spacial score (nSPS) is 10.8. The number of urea groups is 1. The van der Waals surface area contributed by atoms with Gasteiger partial charge in [0, 0.05) is 11.3 Å². The summed E-state index contributed by atoms with van der Waals surface area (Å²) in [5, 5.41) is 7.88. The molecule has 0 unspecified atom stereocenters. The fourth-order valence-corrected chi connectivity index (χ4v) is 5.18. The second-order valence-electron chi connectivity index (χ2n) is 10.0. The molecule has 0 atom stereocenters. The number of carbonyl (C=O) groups is 1. The highest BCUT2D eigenvalue weighted by Gasteiger charge is 2.14. The molecular formula is C32H46N3O3S+. The Morgan fingerprint density at radius 2 is 1.51 bits per heavy atom. The summed E-state index contributed by atoms with van der Waals surface area (Å²) < 4.78 is 13.7. The van der Waals surface area contributed by atoms with E-state index in [2.05, 4.69) is 39.2 Å². The monoisotopic (exact) mass is 552 g/mol. The van der Waals surface area contributed by atoms with E-state index in [0.717, 1.165) is 25.1 Å². The van der Waals surface area contributed by atoms with Gasteiger partial charge in [0.2, 0.25) is 5.51 Å². The van der Waals surface area contributed by atoms with Crippen molar-refractivity contribution < 1.29 is 18.8 Å². The molecule has 0 aliphatic heterocycles. The van der Waals surface area contributed by atoms with Crippen molar-refractivity contribution in [3.05, 3.63) is 65.1 Å². The number of methoxy groups -OCH3 is 1. The predicted octanol–water partition coefficient (Wildman–Crippen LogP) is 8.82. The second kappa shape index (κ2) is 18.3. The van der Waals surface area contributed by atoms with Crippen LogP contribution in [0.15, 0.2) is 59.6 Å². The first kappa shape index (κ1) is 30.5. The zero-order valence-corrected chi connectivity index (χ0v) is 24.6. The third-order valence-corrected chi connectivity index (χ3v) is 7.47. The van der Waals surface area contributed by atoms with E-state index < -0.39 is 0 Å². The van der Waals surface area contributed by atoms with Crippen LogP contribution in [0.2, 0.25) is 0 Å². The van der Waals surface area contributed by atoms with Gasteiger partial charge >= 0.3 is 6.03 Å². The Balaban J connectivity index is 1.37. The van der Waals surface area contributed by atoms with Gasteiger partial charge in [0.05, 0.1) is 24.8 Å². The Bertz CT molecular complexity index is 1070. The zero-order chi connectivity index (χ0) is 27.5. The van der Waals surface area contributed by atoms with E-state index >= 15 is 0 Å². The molecule has 0 radical (unpaired) electrons. The van der Waals surface area contributed by atoms with Crippen LogP contribution in [0.1, 0.15) is 89.5 Å². The standard InChI is InChI=1S/C32H45N3O3S/c1-3-4-5-6-7-8-9-10-11-12-13-14-23-38-31-29(16-15-17-30(31)37-2)34-32(36)33-28-20-18-27(19-21-28)25-35-22-24-39-26-35/h15-22,24,26H,3-14,23,25H2,1-2H3,(H-,33,34,36)/p+1. The highest BCUT2D eigenvalue weighted by Crippen LogP contribution is 2.35. The summed E-state index contributed by atoms with van der Waals surface area (Å²) in [6, 6.07) is 13.1. The largest absolute Gasteiger partial charge is 0.493 e. The zero-order valence-electron chi connectivity index (χ0n) is 23.8. The lowest BCUT2D eigenvalue weighted by Gasteiger charge is -2.16. The highest BCUT2D eigenvalue weighted by molar-refractivity contribution is 7.07. The van der Waals surface area contributed by atoms with Gasteiger partial charge in [-0.25, -0.2) is 4.79 Å². The molecule has 0 bridgehead atoms. The van der Waals surface area contributed by atoms with Gasteiger partial charge in [-0.1, -0.05) is 107 Å². The first-order valence-electron chi connectivity index (χ1n) is 14.6. The maximum atomic E-state index is 12.7. The molecule has 0 aliphatic carbocycles. The SMILES string of the molecule is CCCCCCCCCCCCCCOc1c(NC(=O)Nc2ccc(C[n+]3ccsc3)cc2)cccc1OC. The molecule has 0 saturated heterocycles. The van der Waals surface area contributed by atoms with Crippen molar-refractivity contribution in [2.24, 2.45) is 0 Å². The lowest BCUT2D eigenvalue weighted by atomic mass is 10.1. The summed E-state index contributed by atoms with van der Waals surface area (Å²) in [5.41, 5.74) is 4.57. The van der Waals surface area contributed by atoms with Gasteiger partial charge in [0.1, 0.15) is 0 Å². The van der Waals surface area contributed by atoms with Gasteiger partial charge in [0.15, 0.2) is 24.2 Å². The molecule has 39 heavy (non-hydrogen) atoms. The molecule has 0 saturated carbocycles. The Morgan fingerprint density at radius 3 is 2.13 bits per heavy atom. The number of thiazole rings is 1. The van der Waals surface area contributed by atoms with E-state index in [-0.39, 0.29) is 6.03 Å². The van der Waals surface area contributed by atoms with Crippen molar-refractivity contribution in [1.82, 2.24) is 0 Å². The van der Waals surface area contributed by atoms with Crippen LogP contribution >= 0.6 is 11.3 Å². The average Bonchev–Trinajstić information content (AvgIpc) is 3.46. The molecule has 3 aromatic rings. The van der Waals surface area contributed by atoms with Crippen LogP contribution in [0.4, 0.5) is 16.2 Å². The van der Waals surface area contributed by atoms with Gasteiger partial charge in [-0.05, 0) is 30.7 Å². The van der Waals surface area contributed by atoms with Crippen LogP contribution in [0.5, 0.6) is 11.5 Å². The van der Waals surface area contributed by atoms with Crippen LogP contribution in [0.3, 0.4) is 0 Å². The molecule has 7 heteroatoms. The molecule has 0 spiro atoms. The van der Waals surface area contributed by atoms with Crippen LogP contribution in [0.25, 0.3) is 0 Å². The fraction of sp³-hybridized carbons (Fsp3) is 0.500. The summed E-state index contributed by atoms with van der Waals surface area (Å²) in [7, 11) is 1.62. The topological polar surface area (TPSA) is 63.5 Å². The number of aromatic nitrogens is 1. The molecule has 2 amide bonds. The molecule has 1 aromatic heterocycles. The summed E-state index contributed by atoms with van der Waals surface area (Å²) in [6.07, 6.45) is 17.7. The summed E-state index contributed by atoms with van der Waals surface area (Å²) in [4.78, 5) is 12.7. The van der Waals surface area contributed by atoms with E-state index in [4.69, 9.17) is 9.47 Å². The maximum Gasteiger partial charge on any atom is 0.323 e. The number of unbranched alkanes of at least 4 members (excludes halogenated alkanes) is 11. The number of anilines is 2. The Morgan fingerprint density at radius 1 is 0.846 bits per heavy atom. The molecule has 6 nitrogen and oxygen atoms in total. The molecule has 3 rings (SSSR count). The third kappa shape index (κ3) is 11.7. The Labute approximate surface area is 238 Å². The summed E-state index contributed by atoms with van der Waals surface area (Å²) in [6.45, 7) is 3.67. The predicted molar refractivity (Wildman–Crippen MR) is 162 cm³/mol. The van der Waals surface area contributed by atoms with E-state index in [1.165, 1.54) is 69.8 Å². The number of para-hydroxylation sites is 1. The molecule has 0 fully saturated rings. The average molecular weight is 553 g/mol. The quantitative estimate of drug-likeness (QED) is 0.115. The number of carbonyl (C=O) groups excluding carboxylic acids is 1. The molecule has 1 heterocycles. The van der Waals surface area contributed by atoms with Crippen molar-refractivity contribution in [1.29, 1.82) is 0 Å². The molecular weight excluding hydrogens is 506 g/mol. The van der Waals surface area contributed by atoms with Crippen LogP contribution in [0, 0.1) is 0 Å². The van der Waals surface area contributed by atoms with Crippen molar-refractivity contribution in [2.45, 2.75) is 90.5 Å². The lowest BCUT2D eigenvalue weighted by molar-refractivity contribution is -0.683. The van der Waals surface area contributed by atoms with E-state index in [0.29, 0.717) is 23.8 Å². The number of rotatable bonds is 19. The number of benzene rings is 2. The van der Waals surface area contributed by atoms with Gasteiger partial charge in [-0.3, -0.25) is 0 Å². The van der Waals surface area contributed by atoms with Crippen LogP contribution in [-0.2, 0) is 6.54 Å². The van der Waals surface area contributed by atoms with Gasteiger partial charge in [-0.15, -0.1) is 0 Å². The van der Waals surface area contributed by atoms with Crippen molar-refractivity contribution in [3.8, 4) is 11.5 Å². The highest BCUT2D eigenvalue weighted by atomic mass is 32.1. The fourth-order valence-electron chi connectivity index (χ4n) is 4.58. The summed E-state index contributed by atoms with van der Waals surface area (Å²) in [5.74, 6) is 1.18. The number of hydrogen-bond donors (Lipinski definition) is 2. The van der Waals surface area contributed by atoms with Crippen LogP contribution < -0.4 is 24.7 Å². The minimum atomic E-state index is -0.321. The van der Waals surface area contributed by atoms with Gasteiger partial charge in [0.25, 0.3) is 0 Å². The van der Waals surface area contributed by atoms with Gasteiger partial charge < -0.3 is 20.1 Å². The molecule has 212 valence electrons. The maximum absolute atomic E-state index is 12.7. The van der Waals surface area contributed by atoms with Crippen molar-refractivity contribution in [3.63, 3.8) is 0 Å². The van der Waals surface area contributed by atoms with Crippen LogP contribution in [-0.4, -0.2) is 19.7 Å². The smallest absolute Gasteiger partial charge is 0.323 e. The molecule has 2 N–H and O–H groups in total. The first-order valence-corrected chi connectivity index (χ1v) is 15.5. The number of ether oxygens (including phenoxy) is 2. The minimum absolute atomic E-state index is 0.321. The van der Waals surface area contributed by atoms with Crippen molar-refractivity contribution in [2.75, 3.05) is 24.4 Å². The first-order chi connectivity index (χ1) is 19.2. The Kier molecular flexibility index (Phi) is 14.3. The molecule has 0 aliphatic rings. The van der Waals surface area contributed by atoms with E-state index in [1.54, 1.807) is 18.4 Å². The number of nitrogens with one attached hydrogen (secondary N) is 2. The minimum Gasteiger partial charge on any atom is -0.493 e. The third-order valence-electron chi connectivity index (χ3n) is 6.80. The van der Waals surface area contributed by atoms with Crippen molar-refractivity contribution >= 4 is 28.7 Å². The Hall–Kier alpha value is -3.06. The van der Waals surface area contributed by atoms with Gasteiger partial charge in [-0.2, -0.15) is 4.57 Å². The lowest BCUT2D eigenvalue weighted by Crippen LogP contribution is -2.30. The number of nitrogens with zero attached hydrogens (tertiary/aromatic N) is 1. The molecule has 2 aromatic carbocycles. The second-order valence-corrected chi connectivity index (χ2v) is 10.8.